The summed E-state index contributed by atoms with van der Waals surface area (Å²) < 4.78 is 0. The van der Waals surface area contributed by atoms with Crippen LogP contribution in [0.15, 0.2) is 48.8 Å². The first kappa shape index (κ1) is 13.6. The number of rotatable bonds is 5. The van der Waals surface area contributed by atoms with Crippen LogP contribution in [0.4, 0.5) is 0 Å². The van der Waals surface area contributed by atoms with Crippen molar-refractivity contribution in [1.29, 1.82) is 0 Å². The first-order valence-electron chi connectivity index (χ1n) is 6.01. The second-order valence-corrected chi connectivity index (χ2v) is 4.86. The lowest BCUT2D eigenvalue weighted by molar-refractivity contribution is -0.141. The molecule has 0 bridgehead atoms. The van der Waals surface area contributed by atoms with Crippen LogP contribution in [-0.4, -0.2) is 16.1 Å². The number of carbonyl (C=O) groups is 1. The first-order chi connectivity index (χ1) is 9.15. The van der Waals surface area contributed by atoms with Crippen molar-refractivity contribution in [2.45, 2.75) is 12.8 Å². The van der Waals surface area contributed by atoms with E-state index in [1.54, 1.807) is 24.5 Å². The molecule has 0 radical (unpaired) electrons. The molecule has 2 rings (SSSR count). The lowest BCUT2D eigenvalue weighted by Gasteiger charge is -2.12. The minimum Gasteiger partial charge on any atom is -0.481 e. The highest BCUT2D eigenvalue weighted by Gasteiger charge is 2.18. The number of carboxylic acid groups (broad SMARTS) is 1. The Morgan fingerprint density at radius 1 is 1.05 bits per heavy atom. The van der Waals surface area contributed by atoms with Crippen LogP contribution < -0.4 is 0 Å². The summed E-state index contributed by atoms with van der Waals surface area (Å²) in [7, 11) is 0. The zero-order chi connectivity index (χ0) is 13.7. The van der Waals surface area contributed by atoms with Crippen LogP contribution in [-0.2, 0) is 17.6 Å². The van der Waals surface area contributed by atoms with Crippen LogP contribution in [0.2, 0.25) is 5.02 Å². The summed E-state index contributed by atoms with van der Waals surface area (Å²) in [6.07, 6.45) is 4.35. The molecule has 3 nitrogen and oxygen atoms in total. The lowest BCUT2D eigenvalue weighted by atomic mass is 9.93. The fraction of sp³-hybridized carbons (Fsp3) is 0.200. The van der Waals surface area contributed by atoms with Gasteiger partial charge in [0.2, 0.25) is 0 Å². The Bertz CT molecular complexity index is 540. The molecule has 0 aliphatic heterocycles. The number of hydrogen-bond acceptors (Lipinski definition) is 2. The van der Waals surface area contributed by atoms with E-state index < -0.39 is 11.9 Å². The Balaban J connectivity index is 2.08. The van der Waals surface area contributed by atoms with E-state index in [2.05, 4.69) is 4.98 Å². The van der Waals surface area contributed by atoms with E-state index >= 15 is 0 Å². The van der Waals surface area contributed by atoms with Crippen molar-refractivity contribution in [3.05, 3.63) is 64.9 Å². The molecule has 1 N–H and O–H groups in total. The summed E-state index contributed by atoms with van der Waals surface area (Å²) >= 11 is 5.82. The molecule has 4 heteroatoms. The summed E-state index contributed by atoms with van der Waals surface area (Å²) in [6, 6.07) is 11.0. The van der Waals surface area contributed by atoms with Crippen LogP contribution in [0, 0.1) is 5.92 Å². The van der Waals surface area contributed by atoms with Gasteiger partial charge in [-0.15, -0.1) is 0 Å². The minimum atomic E-state index is -0.785. The standard InChI is InChI=1S/C15H14ClNO2/c16-14-3-1-11(2-4-14)9-13(15(18)19)10-12-5-7-17-8-6-12/h1-8,13H,9-10H2,(H,18,19). The molecule has 1 unspecified atom stereocenters. The SMILES string of the molecule is O=C(O)C(Cc1ccncc1)Cc1ccc(Cl)cc1. The van der Waals surface area contributed by atoms with Crippen LogP contribution in [0.3, 0.4) is 0 Å². The summed E-state index contributed by atoms with van der Waals surface area (Å²) in [5, 5.41) is 9.97. The van der Waals surface area contributed by atoms with Gasteiger partial charge in [-0.1, -0.05) is 23.7 Å². The van der Waals surface area contributed by atoms with Gasteiger partial charge in [-0.25, -0.2) is 0 Å². The van der Waals surface area contributed by atoms with Crippen LogP contribution in [0.5, 0.6) is 0 Å². The molecular formula is C15H14ClNO2. The fourth-order valence-corrected chi connectivity index (χ4v) is 2.08. The van der Waals surface area contributed by atoms with Gasteiger partial charge < -0.3 is 5.11 Å². The number of nitrogens with zero attached hydrogens (tertiary/aromatic N) is 1. The molecule has 1 atom stereocenters. The van der Waals surface area contributed by atoms with E-state index in [1.807, 2.05) is 24.3 Å². The minimum absolute atomic E-state index is 0.441. The van der Waals surface area contributed by atoms with E-state index in [9.17, 15) is 9.90 Å². The molecule has 0 aliphatic carbocycles. The molecule has 19 heavy (non-hydrogen) atoms. The van der Waals surface area contributed by atoms with Crippen molar-refractivity contribution in [2.75, 3.05) is 0 Å². The molecule has 1 aromatic heterocycles. The highest BCUT2D eigenvalue weighted by molar-refractivity contribution is 6.30. The van der Waals surface area contributed by atoms with E-state index in [1.165, 1.54) is 0 Å². The largest absolute Gasteiger partial charge is 0.481 e. The Morgan fingerprint density at radius 3 is 2.11 bits per heavy atom. The molecule has 0 fully saturated rings. The summed E-state index contributed by atoms with van der Waals surface area (Å²) in [5.74, 6) is -1.23. The Morgan fingerprint density at radius 2 is 1.58 bits per heavy atom. The predicted octanol–water partition coefficient (Wildman–Crippen LogP) is 3.22. The molecule has 0 amide bonds. The molecule has 1 heterocycles. The third-order valence-electron chi connectivity index (χ3n) is 2.98. The van der Waals surface area contributed by atoms with E-state index in [0.717, 1.165) is 11.1 Å². The smallest absolute Gasteiger partial charge is 0.307 e. The molecule has 2 aromatic rings. The summed E-state index contributed by atoms with van der Waals surface area (Å²) in [5.41, 5.74) is 1.96. The first-order valence-corrected chi connectivity index (χ1v) is 6.39. The van der Waals surface area contributed by atoms with Gasteiger partial charge in [0, 0.05) is 17.4 Å². The maximum atomic E-state index is 11.3. The zero-order valence-electron chi connectivity index (χ0n) is 10.3. The summed E-state index contributed by atoms with van der Waals surface area (Å²) in [4.78, 5) is 15.3. The molecular weight excluding hydrogens is 262 g/mol. The van der Waals surface area contributed by atoms with Gasteiger partial charge in [0.25, 0.3) is 0 Å². The third kappa shape index (κ3) is 4.07. The van der Waals surface area contributed by atoms with Gasteiger partial charge in [-0.2, -0.15) is 0 Å². The van der Waals surface area contributed by atoms with Crippen molar-refractivity contribution in [2.24, 2.45) is 5.92 Å². The third-order valence-corrected chi connectivity index (χ3v) is 3.23. The number of carboxylic acids is 1. The quantitative estimate of drug-likeness (QED) is 0.911. The van der Waals surface area contributed by atoms with Crippen LogP contribution >= 0.6 is 11.6 Å². The van der Waals surface area contributed by atoms with E-state index in [-0.39, 0.29) is 0 Å². The number of benzene rings is 1. The molecule has 98 valence electrons. The zero-order valence-corrected chi connectivity index (χ0v) is 11.0. The lowest BCUT2D eigenvalue weighted by Crippen LogP contribution is -2.19. The average Bonchev–Trinajstić information content (AvgIpc) is 2.41. The van der Waals surface area contributed by atoms with Gasteiger partial charge in [0.1, 0.15) is 0 Å². The molecule has 1 aromatic carbocycles. The number of aromatic nitrogens is 1. The van der Waals surface area contributed by atoms with Crippen molar-refractivity contribution in [3.63, 3.8) is 0 Å². The maximum Gasteiger partial charge on any atom is 0.307 e. The number of halogens is 1. The van der Waals surface area contributed by atoms with Crippen molar-refractivity contribution in [3.8, 4) is 0 Å². The maximum absolute atomic E-state index is 11.3. The molecule has 0 spiro atoms. The predicted molar refractivity (Wildman–Crippen MR) is 74.2 cm³/mol. The monoisotopic (exact) mass is 275 g/mol. The topological polar surface area (TPSA) is 50.2 Å². The van der Waals surface area contributed by atoms with Gasteiger partial charge in [-0.3, -0.25) is 9.78 Å². The van der Waals surface area contributed by atoms with Gasteiger partial charge in [0.05, 0.1) is 5.92 Å². The number of pyridine rings is 1. The Hall–Kier alpha value is -1.87. The van der Waals surface area contributed by atoms with Crippen molar-refractivity contribution in [1.82, 2.24) is 4.98 Å². The van der Waals surface area contributed by atoms with E-state index in [4.69, 9.17) is 11.6 Å². The highest BCUT2D eigenvalue weighted by atomic mass is 35.5. The second-order valence-electron chi connectivity index (χ2n) is 4.43. The van der Waals surface area contributed by atoms with Crippen molar-refractivity contribution >= 4 is 17.6 Å². The normalized spacial score (nSPS) is 12.1. The average molecular weight is 276 g/mol. The van der Waals surface area contributed by atoms with Crippen LogP contribution in [0.1, 0.15) is 11.1 Å². The second kappa shape index (κ2) is 6.34. The van der Waals surface area contributed by atoms with E-state index in [0.29, 0.717) is 17.9 Å². The van der Waals surface area contributed by atoms with Gasteiger partial charge >= 0.3 is 5.97 Å². The van der Waals surface area contributed by atoms with Gasteiger partial charge in [0.15, 0.2) is 0 Å². The molecule has 0 saturated carbocycles. The van der Waals surface area contributed by atoms with Crippen molar-refractivity contribution < 1.29 is 9.90 Å². The number of hydrogen-bond donors (Lipinski definition) is 1. The van der Waals surface area contributed by atoms with Crippen LogP contribution in [0.25, 0.3) is 0 Å². The Kier molecular flexibility index (Phi) is 4.53. The Labute approximate surface area is 116 Å². The molecule has 0 saturated heterocycles. The molecule has 0 aliphatic rings. The van der Waals surface area contributed by atoms with Gasteiger partial charge in [-0.05, 0) is 48.2 Å². The summed E-state index contributed by atoms with van der Waals surface area (Å²) in [6.45, 7) is 0. The number of aliphatic carboxylic acids is 1. The fourth-order valence-electron chi connectivity index (χ4n) is 1.96. The highest BCUT2D eigenvalue weighted by Crippen LogP contribution is 2.17.